The maximum Gasteiger partial charge on any atom is 0.573 e. The second-order valence-electron chi connectivity index (χ2n) is 8.15. The SMILES string of the molecule is CC[C@@H]1C[C@H](Oc2ccc(OC(F)(F)F)cc2)CCN1c1nc2nncn2c2ccc(C#N)nc12. The van der Waals surface area contributed by atoms with E-state index in [1.807, 2.05) is 6.07 Å². The van der Waals surface area contributed by atoms with Crippen LogP contribution in [0.2, 0.25) is 0 Å². The highest BCUT2D eigenvalue weighted by Gasteiger charge is 2.32. The topological polar surface area (TPSA) is 101 Å². The first kappa shape index (κ1) is 22.6. The van der Waals surface area contributed by atoms with Crippen LogP contribution < -0.4 is 14.4 Å². The highest BCUT2D eigenvalue weighted by molar-refractivity contribution is 5.88. The van der Waals surface area contributed by atoms with E-state index < -0.39 is 6.36 Å². The molecule has 4 heterocycles. The molecule has 35 heavy (non-hydrogen) atoms. The Morgan fingerprint density at radius 1 is 1.11 bits per heavy atom. The van der Waals surface area contributed by atoms with Gasteiger partial charge in [-0.25, -0.2) is 4.98 Å². The minimum Gasteiger partial charge on any atom is -0.490 e. The van der Waals surface area contributed by atoms with Crippen LogP contribution in [0.25, 0.3) is 16.8 Å². The molecule has 0 spiro atoms. The molecule has 1 saturated heterocycles. The van der Waals surface area contributed by atoms with Crippen LogP contribution in [-0.4, -0.2) is 49.6 Å². The molecule has 1 aliphatic rings. The van der Waals surface area contributed by atoms with Crippen molar-refractivity contribution in [3.63, 3.8) is 0 Å². The Balaban J connectivity index is 1.38. The molecule has 0 unspecified atom stereocenters. The second kappa shape index (κ2) is 8.90. The van der Waals surface area contributed by atoms with Crippen LogP contribution in [0.4, 0.5) is 19.0 Å². The maximum atomic E-state index is 12.4. The van der Waals surface area contributed by atoms with Gasteiger partial charge >= 0.3 is 6.36 Å². The number of hydrogen-bond acceptors (Lipinski definition) is 8. The Bertz CT molecular complexity index is 1400. The molecule has 1 aromatic carbocycles. The van der Waals surface area contributed by atoms with Crippen molar-refractivity contribution < 1.29 is 22.6 Å². The van der Waals surface area contributed by atoms with Gasteiger partial charge in [0.2, 0.25) is 0 Å². The zero-order valence-corrected chi connectivity index (χ0v) is 18.6. The molecule has 3 aromatic heterocycles. The zero-order chi connectivity index (χ0) is 24.6. The molecule has 180 valence electrons. The Morgan fingerprint density at radius 3 is 2.60 bits per heavy atom. The van der Waals surface area contributed by atoms with Crippen molar-refractivity contribution in [1.82, 2.24) is 24.6 Å². The van der Waals surface area contributed by atoms with Gasteiger partial charge in [-0.1, -0.05) is 6.92 Å². The molecule has 0 radical (unpaired) electrons. The zero-order valence-electron chi connectivity index (χ0n) is 18.6. The Hall–Kier alpha value is -4.14. The number of fused-ring (bicyclic) bond motifs is 3. The second-order valence-corrected chi connectivity index (χ2v) is 8.15. The predicted octanol–water partition coefficient (Wildman–Crippen LogP) is 4.27. The summed E-state index contributed by atoms with van der Waals surface area (Å²) < 4.78 is 48.9. The van der Waals surface area contributed by atoms with E-state index in [9.17, 15) is 18.4 Å². The van der Waals surface area contributed by atoms with Crippen LogP contribution in [0.3, 0.4) is 0 Å². The van der Waals surface area contributed by atoms with E-state index in [0.29, 0.717) is 42.2 Å². The van der Waals surface area contributed by atoms with Crippen molar-refractivity contribution in [2.75, 3.05) is 11.4 Å². The third-order valence-electron chi connectivity index (χ3n) is 5.97. The number of hydrogen-bond donors (Lipinski definition) is 0. The summed E-state index contributed by atoms with van der Waals surface area (Å²) in [6.45, 7) is 2.68. The fraction of sp³-hybridized carbons (Fsp3) is 0.348. The van der Waals surface area contributed by atoms with Gasteiger partial charge in [0.25, 0.3) is 5.78 Å². The van der Waals surface area contributed by atoms with E-state index in [-0.39, 0.29) is 23.6 Å². The van der Waals surface area contributed by atoms with E-state index in [2.05, 4.69) is 37.8 Å². The number of alkyl halides is 3. The van der Waals surface area contributed by atoms with E-state index >= 15 is 0 Å². The largest absolute Gasteiger partial charge is 0.573 e. The summed E-state index contributed by atoms with van der Waals surface area (Å²) in [5.74, 6) is 1.25. The summed E-state index contributed by atoms with van der Waals surface area (Å²) in [6, 6.07) is 11.0. The molecule has 4 aromatic rings. The van der Waals surface area contributed by atoms with E-state index in [1.54, 1.807) is 16.8 Å². The predicted molar refractivity (Wildman–Crippen MR) is 119 cm³/mol. The lowest BCUT2D eigenvalue weighted by atomic mass is 9.97. The standard InChI is InChI=1S/C23H20F3N7O2/c1-2-15-11-18(34-16-4-6-17(7-5-16)35-23(24,25)26)9-10-32(15)21-20-19(8-3-14(12-27)29-20)33-13-28-31-22(33)30-21/h3-8,13,15,18H,2,9-11H2,1H3/t15-,18-/m1/s1. The number of ether oxygens (including phenoxy) is 2. The molecule has 0 bridgehead atoms. The minimum atomic E-state index is -4.74. The number of benzene rings is 1. The van der Waals surface area contributed by atoms with Gasteiger partial charge in [-0.3, -0.25) is 4.40 Å². The summed E-state index contributed by atoms with van der Waals surface area (Å²) in [6.07, 6.45) is -1.16. The summed E-state index contributed by atoms with van der Waals surface area (Å²) >= 11 is 0. The molecular formula is C23H20F3N7O2. The number of nitrogens with zero attached hydrogens (tertiary/aromatic N) is 7. The quantitative estimate of drug-likeness (QED) is 0.415. The van der Waals surface area contributed by atoms with Gasteiger partial charge in [-0.2, -0.15) is 10.2 Å². The number of piperidine rings is 1. The third kappa shape index (κ3) is 4.62. The Morgan fingerprint density at radius 2 is 1.89 bits per heavy atom. The summed E-state index contributed by atoms with van der Waals surface area (Å²) in [7, 11) is 0. The van der Waals surface area contributed by atoms with Crippen LogP contribution in [0.5, 0.6) is 11.5 Å². The van der Waals surface area contributed by atoms with Gasteiger partial charge in [0, 0.05) is 25.4 Å². The van der Waals surface area contributed by atoms with E-state index in [0.717, 1.165) is 11.9 Å². The van der Waals surface area contributed by atoms with Gasteiger partial charge in [-0.05, 0) is 42.8 Å². The first-order chi connectivity index (χ1) is 16.8. The molecular weight excluding hydrogens is 463 g/mol. The lowest BCUT2D eigenvalue weighted by molar-refractivity contribution is -0.274. The average Bonchev–Trinajstić information content (AvgIpc) is 3.32. The van der Waals surface area contributed by atoms with Crippen molar-refractivity contribution in [3.05, 3.63) is 48.4 Å². The number of pyridine rings is 1. The number of nitriles is 1. The van der Waals surface area contributed by atoms with Crippen LogP contribution in [-0.2, 0) is 0 Å². The molecule has 12 heteroatoms. The van der Waals surface area contributed by atoms with Gasteiger partial charge in [0.15, 0.2) is 5.82 Å². The molecule has 0 N–H and O–H groups in total. The number of aromatic nitrogens is 5. The average molecular weight is 483 g/mol. The van der Waals surface area contributed by atoms with Gasteiger partial charge in [-0.15, -0.1) is 23.4 Å². The van der Waals surface area contributed by atoms with Gasteiger partial charge in [0.05, 0.1) is 5.52 Å². The normalized spacial score (nSPS) is 18.5. The maximum absolute atomic E-state index is 12.4. The van der Waals surface area contributed by atoms with Crippen LogP contribution in [0.15, 0.2) is 42.7 Å². The Kier molecular flexibility index (Phi) is 5.76. The van der Waals surface area contributed by atoms with Gasteiger partial charge < -0.3 is 14.4 Å². The first-order valence-corrected chi connectivity index (χ1v) is 11.0. The smallest absolute Gasteiger partial charge is 0.490 e. The molecule has 5 rings (SSSR count). The van der Waals surface area contributed by atoms with Crippen molar-refractivity contribution in [1.29, 1.82) is 5.26 Å². The fourth-order valence-corrected chi connectivity index (χ4v) is 4.40. The third-order valence-corrected chi connectivity index (χ3v) is 5.97. The molecule has 9 nitrogen and oxygen atoms in total. The molecule has 1 aliphatic heterocycles. The van der Waals surface area contributed by atoms with E-state index in [4.69, 9.17) is 9.72 Å². The van der Waals surface area contributed by atoms with Crippen LogP contribution in [0.1, 0.15) is 31.9 Å². The summed E-state index contributed by atoms with van der Waals surface area (Å²) in [4.78, 5) is 11.4. The Labute approximate surface area is 197 Å². The lowest BCUT2D eigenvalue weighted by Gasteiger charge is -2.40. The highest BCUT2D eigenvalue weighted by Crippen LogP contribution is 2.33. The molecule has 2 atom stereocenters. The van der Waals surface area contributed by atoms with Gasteiger partial charge in [0.1, 0.15) is 41.2 Å². The summed E-state index contributed by atoms with van der Waals surface area (Å²) in [5, 5.41) is 17.4. The minimum absolute atomic E-state index is 0.0650. The van der Waals surface area contributed by atoms with Crippen LogP contribution in [0, 0.1) is 11.3 Å². The van der Waals surface area contributed by atoms with Crippen molar-refractivity contribution in [2.45, 2.75) is 44.7 Å². The molecule has 0 saturated carbocycles. The monoisotopic (exact) mass is 483 g/mol. The first-order valence-electron chi connectivity index (χ1n) is 11.0. The fourth-order valence-electron chi connectivity index (χ4n) is 4.40. The summed E-state index contributed by atoms with van der Waals surface area (Å²) in [5.41, 5.74) is 1.63. The molecule has 0 aliphatic carbocycles. The van der Waals surface area contributed by atoms with Crippen molar-refractivity contribution >= 4 is 22.6 Å². The van der Waals surface area contributed by atoms with Crippen molar-refractivity contribution in [3.8, 4) is 17.6 Å². The lowest BCUT2D eigenvalue weighted by Crippen LogP contribution is -2.46. The number of anilines is 1. The molecule has 0 amide bonds. The van der Waals surface area contributed by atoms with Crippen molar-refractivity contribution in [2.24, 2.45) is 0 Å². The number of halogens is 3. The highest BCUT2D eigenvalue weighted by atomic mass is 19.4. The van der Waals surface area contributed by atoms with E-state index in [1.165, 1.54) is 24.3 Å². The van der Waals surface area contributed by atoms with Crippen LogP contribution >= 0.6 is 0 Å². The molecule has 1 fully saturated rings. The number of rotatable bonds is 5.